The highest BCUT2D eigenvalue weighted by Gasteiger charge is 2.03. The van der Waals surface area contributed by atoms with Crippen LogP contribution in [0, 0.1) is 0 Å². The second-order valence-corrected chi connectivity index (χ2v) is 14.5. The molecule has 0 amide bonds. The van der Waals surface area contributed by atoms with Gasteiger partial charge in [0.2, 0.25) is 0 Å². The topological polar surface area (TPSA) is 81.7 Å². The van der Waals surface area contributed by atoms with Crippen molar-refractivity contribution in [3.8, 4) is 0 Å². The molecular formula is C44H88O8. The molecule has 0 N–H and O–H groups in total. The van der Waals surface area contributed by atoms with Gasteiger partial charge in [0.1, 0.15) is 6.61 Å². The smallest absolute Gasteiger partial charge is 0.305 e. The first-order chi connectivity index (χ1) is 25.8. The van der Waals surface area contributed by atoms with E-state index in [0.717, 1.165) is 25.9 Å². The van der Waals surface area contributed by atoms with E-state index in [9.17, 15) is 4.79 Å². The zero-order valence-corrected chi connectivity index (χ0v) is 34.8. The normalized spacial score (nSPS) is 11.5. The summed E-state index contributed by atoms with van der Waals surface area (Å²) in [4.78, 5) is 11.9. The zero-order valence-electron chi connectivity index (χ0n) is 34.8. The minimum Gasteiger partial charge on any atom is -0.463 e. The minimum absolute atomic E-state index is 0.119. The fraction of sp³-hybridized carbons (Fsp3) is 0.977. The van der Waals surface area contributed by atoms with Crippen LogP contribution in [0.3, 0.4) is 0 Å². The Morgan fingerprint density at radius 1 is 0.269 bits per heavy atom. The van der Waals surface area contributed by atoms with Gasteiger partial charge in [-0.3, -0.25) is 4.79 Å². The number of unbranched alkanes of at least 4 members (excludes halogenated alkanes) is 25. The van der Waals surface area contributed by atoms with Crippen LogP contribution in [0.5, 0.6) is 0 Å². The van der Waals surface area contributed by atoms with Crippen LogP contribution < -0.4 is 0 Å². The van der Waals surface area contributed by atoms with Crippen molar-refractivity contribution in [2.45, 2.75) is 194 Å². The van der Waals surface area contributed by atoms with Crippen LogP contribution in [0.25, 0.3) is 0 Å². The third kappa shape index (κ3) is 47.3. The van der Waals surface area contributed by atoms with Crippen LogP contribution in [0.4, 0.5) is 0 Å². The van der Waals surface area contributed by atoms with Gasteiger partial charge >= 0.3 is 5.97 Å². The molecule has 0 aliphatic rings. The monoisotopic (exact) mass is 745 g/mol. The Kier molecular flexibility index (Phi) is 47.5. The summed E-state index contributed by atoms with van der Waals surface area (Å²) in [7, 11) is 0. The van der Waals surface area contributed by atoms with Gasteiger partial charge in [-0.15, -0.1) is 0 Å². The average Bonchev–Trinajstić information content (AvgIpc) is 3.15. The molecule has 0 fully saturated rings. The lowest BCUT2D eigenvalue weighted by atomic mass is 10.0. The van der Waals surface area contributed by atoms with E-state index in [1.807, 2.05) is 0 Å². The summed E-state index contributed by atoms with van der Waals surface area (Å²) in [6, 6.07) is 0. The Morgan fingerprint density at radius 2 is 0.500 bits per heavy atom. The molecule has 0 aliphatic heterocycles. The van der Waals surface area contributed by atoms with Gasteiger partial charge < -0.3 is 33.2 Å². The van der Waals surface area contributed by atoms with Crippen molar-refractivity contribution >= 4 is 5.97 Å². The van der Waals surface area contributed by atoms with Crippen molar-refractivity contribution in [2.24, 2.45) is 0 Å². The molecule has 0 heterocycles. The number of hydrogen-bond donors (Lipinski definition) is 0. The maximum absolute atomic E-state index is 11.9. The van der Waals surface area contributed by atoms with Crippen LogP contribution in [-0.4, -0.2) is 91.9 Å². The second kappa shape index (κ2) is 48.2. The van der Waals surface area contributed by atoms with Crippen molar-refractivity contribution < 1.29 is 38.0 Å². The van der Waals surface area contributed by atoms with E-state index in [2.05, 4.69) is 13.8 Å². The number of carbonyl (C=O) groups excluding carboxylic acids is 1. The lowest BCUT2D eigenvalue weighted by Crippen LogP contribution is -2.15. The predicted octanol–water partition coefficient (Wildman–Crippen LogP) is 11.6. The van der Waals surface area contributed by atoms with Crippen molar-refractivity contribution in [1.82, 2.24) is 0 Å². The molecule has 0 unspecified atom stereocenters. The fourth-order valence-corrected chi connectivity index (χ4v) is 6.17. The first-order valence-corrected chi connectivity index (χ1v) is 22.4. The van der Waals surface area contributed by atoms with Gasteiger partial charge in [0.25, 0.3) is 0 Å². The lowest BCUT2D eigenvalue weighted by molar-refractivity contribution is -0.145. The number of ether oxygens (including phenoxy) is 7. The van der Waals surface area contributed by atoms with Crippen LogP contribution in [0.2, 0.25) is 0 Å². The zero-order chi connectivity index (χ0) is 37.5. The van der Waals surface area contributed by atoms with Crippen LogP contribution in [0.15, 0.2) is 0 Å². The highest BCUT2D eigenvalue weighted by Crippen LogP contribution is 2.14. The summed E-state index contributed by atoms with van der Waals surface area (Å²) in [5.74, 6) is -0.119. The molecule has 0 saturated carbocycles. The van der Waals surface area contributed by atoms with Gasteiger partial charge in [0, 0.05) is 13.0 Å². The highest BCUT2D eigenvalue weighted by molar-refractivity contribution is 5.69. The van der Waals surface area contributed by atoms with Gasteiger partial charge in [0.05, 0.1) is 72.7 Å². The third-order valence-corrected chi connectivity index (χ3v) is 9.48. The molecule has 0 spiro atoms. The maximum atomic E-state index is 11.9. The van der Waals surface area contributed by atoms with Crippen molar-refractivity contribution in [1.29, 1.82) is 0 Å². The molecular weight excluding hydrogens is 656 g/mol. The SMILES string of the molecule is CCCCCCCCCCCCCCCCOCCOCCOCCOCCOCCOCCOC(=O)CCCCCCCCCCCCCCC. The van der Waals surface area contributed by atoms with E-state index in [4.69, 9.17) is 33.2 Å². The Labute approximate surface area is 322 Å². The second-order valence-electron chi connectivity index (χ2n) is 14.5. The molecule has 0 rings (SSSR count). The average molecular weight is 745 g/mol. The molecule has 0 radical (unpaired) electrons. The lowest BCUT2D eigenvalue weighted by Gasteiger charge is -2.08. The maximum Gasteiger partial charge on any atom is 0.305 e. The summed E-state index contributed by atoms with van der Waals surface area (Å²) in [6.07, 6.45) is 36.7. The molecule has 312 valence electrons. The number of hydrogen-bond acceptors (Lipinski definition) is 8. The van der Waals surface area contributed by atoms with Crippen LogP contribution >= 0.6 is 0 Å². The molecule has 52 heavy (non-hydrogen) atoms. The van der Waals surface area contributed by atoms with Gasteiger partial charge in [-0.25, -0.2) is 0 Å². The van der Waals surface area contributed by atoms with Gasteiger partial charge in [0.15, 0.2) is 0 Å². The molecule has 0 atom stereocenters. The highest BCUT2D eigenvalue weighted by atomic mass is 16.6. The minimum atomic E-state index is -0.119. The van der Waals surface area contributed by atoms with Gasteiger partial charge in [-0.1, -0.05) is 174 Å². The van der Waals surface area contributed by atoms with E-state index < -0.39 is 0 Å². The Morgan fingerprint density at radius 3 is 0.808 bits per heavy atom. The molecule has 8 heteroatoms. The number of carbonyl (C=O) groups is 1. The first kappa shape index (κ1) is 51.2. The Bertz CT molecular complexity index is 650. The van der Waals surface area contributed by atoms with E-state index in [1.54, 1.807) is 0 Å². The van der Waals surface area contributed by atoms with Crippen molar-refractivity contribution in [2.75, 3.05) is 85.9 Å². The van der Waals surface area contributed by atoms with Crippen molar-refractivity contribution in [3.63, 3.8) is 0 Å². The van der Waals surface area contributed by atoms with E-state index >= 15 is 0 Å². The van der Waals surface area contributed by atoms with Crippen LogP contribution in [-0.2, 0) is 38.0 Å². The standard InChI is InChI=1S/C44H88O8/c1-3-5-7-9-11-13-15-17-19-21-23-25-27-29-31-46-32-33-47-34-35-48-36-37-49-38-39-50-40-41-51-42-43-52-44(45)30-28-26-24-22-20-18-16-14-12-10-8-6-4-2/h3-43H2,1-2H3. The Balaban J connectivity index is 3.12. The van der Waals surface area contributed by atoms with Gasteiger partial charge in [-0.2, -0.15) is 0 Å². The first-order valence-electron chi connectivity index (χ1n) is 22.4. The molecule has 0 aromatic heterocycles. The quantitative estimate of drug-likeness (QED) is 0.0450. The summed E-state index contributed by atoms with van der Waals surface area (Å²) in [5, 5.41) is 0. The summed E-state index contributed by atoms with van der Waals surface area (Å²) in [5.41, 5.74) is 0. The molecule has 0 saturated heterocycles. The predicted molar refractivity (Wildman–Crippen MR) is 216 cm³/mol. The molecule has 0 aliphatic carbocycles. The number of esters is 1. The van der Waals surface area contributed by atoms with Crippen molar-refractivity contribution in [3.05, 3.63) is 0 Å². The fourth-order valence-electron chi connectivity index (χ4n) is 6.17. The van der Waals surface area contributed by atoms with E-state index in [1.165, 1.54) is 154 Å². The van der Waals surface area contributed by atoms with E-state index in [-0.39, 0.29) is 5.97 Å². The number of rotatable bonds is 47. The Hall–Kier alpha value is -0.770. The molecule has 0 aromatic rings. The summed E-state index contributed by atoms with van der Waals surface area (Å²) < 4.78 is 38.6. The van der Waals surface area contributed by atoms with Crippen LogP contribution in [0.1, 0.15) is 194 Å². The largest absolute Gasteiger partial charge is 0.463 e. The summed E-state index contributed by atoms with van der Waals surface area (Å²) >= 11 is 0. The molecule has 8 nitrogen and oxygen atoms in total. The molecule has 0 bridgehead atoms. The third-order valence-electron chi connectivity index (χ3n) is 9.48. The summed E-state index contributed by atoms with van der Waals surface area (Å²) in [6.45, 7) is 11.6. The van der Waals surface area contributed by atoms with Gasteiger partial charge in [-0.05, 0) is 12.8 Å². The molecule has 0 aromatic carbocycles. The van der Waals surface area contributed by atoms with E-state index in [0.29, 0.717) is 85.7 Å².